The molecule has 4 rings (SSSR count). The van der Waals surface area contributed by atoms with Gasteiger partial charge in [0.1, 0.15) is 0 Å². The molecule has 0 aromatic heterocycles. The summed E-state index contributed by atoms with van der Waals surface area (Å²) in [6.45, 7) is 0.460. The number of ether oxygens (including phenoxy) is 1. The lowest BCUT2D eigenvalue weighted by atomic mass is 9.60. The highest BCUT2D eigenvalue weighted by Crippen LogP contribution is 2.55. The van der Waals surface area contributed by atoms with Crippen molar-refractivity contribution in [3.05, 3.63) is 65.7 Å². The summed E-state index contributed by atoms with van der Waals surface area (Å²) in [7, 11) is 1.39. The van der Waals surface area contributed by atoms with Gasteiger partial charge in [-0.2, -0.15) is 0 Å². The molecule has 2 aromatic carbocycles. The van der Waals surface area contributed by atoms with Crippen molar-refractivity contribution in [3.63, 3.8) is 0 Å². The molecule has 2 atom stereocenters. The van der Waals surface area contributed by atoms with E-state index in [0.717, 1.165) is 36.1 Å². The van der Waals surface area contributed by atoms with Crippen LogP contribution in [-0.2, 0) is 20.9 Å². The zero-order valence-electron chi connectivity index (χ0n) is 15.0. The Balaban J connectivity index is 1.86. The molecule has 2 aliphatic rings. The number of benzene rings is 2. The second kappa shape index (κ2) is 6.60. The second-order valence-corrected chi connectivity index (χ2v) is 7.20. The highest BCUT2D eigenvalue weighted by molar-refractivity contribution is 6.13. The second-order valence-electron chi connectivity index (χ2n) is 7.20. The number of methoxy groups -OCH3 is 1. The van der Waals surface area contributed by atoms with Gasteiger partial charge in [-0.15, -0.1) is 0 Å². The summed E-state index contributed by atoms with van der Waals surface area (Å²) in [5.74, 6) is -0.601. The van der Waals surface area contributed by atoms with E-state index in [1.54, 1.807) is 4.90 Å². The third-order valence-corrected chi connectivity index (χ3v) is 5.87. The number of fused-ring (bicyclic) bond motifs is 3. The van der Waals surface area contributed by atoms with E-state index < -0.39 is 5.41 Å². The van der Waals surface area contributed by atoms with E-state index in [9.17, 15) is 9.59 Å². The number of anilines is 1. The molecule has 1 heterocycles. The third kappa shape index (κ3) is 2.44. The zero-order chi connectivity index (χ0) is 18.1. The fraction of sp³-hybridized carbons (Fsp3) is 0.364. The molecule has 0 saturated heterocycles. The number of carbonyl (C=O) groups excluding carboxylic acids is 2. The minimum absolute atomic E-state index is 0.0978. The van der Waals surface area contributed by atoms with Crippen molar-refractivity contribution in [2.75, 3.05) is 12.0 Å². The van der Waals surface area contributed by atoms with Crippen LogP contribution in [0.5, 0.6) is 0 Å². The smallest absolute Gasteiger partial charge is 0.322 e. The average Bonchev–Trinajstić information content (AvgIpc) is 2.71. The molecular formula is C22H23NO3. The van der Waals surface area contributed by atoms with Crippen LogP contribution in [0, 0.1) is 5.41 Å². The van der Waals surface area contributed by atoms with Crippen molar-refractivity contribution in [2.24, 2.45) is 5.41 Å². The van der Waals surface area contributed by atoms with E-state index >= 15 is 0 Å². The molecule has 0 bridgehead atoms. The van der Waals surface area contributed by atoms with Crippen molar-refractivity contribution in [2.45, 2.75) is 38.1 Å². The Hall–Kier alpha value is -2.62. The summed E-state index contributed by atoms with van der Waals surface area (Å²) in [4.78, 5) is 28.3. The number of esters is 1. The van der Waals surface area contributed by atoms with Crippen molar-refractivity contribution in [1.29, 1.82) is 0 Å². The molecule has 1 fully saturated rings. The summed E-state index contributed by atoms with van der Waals surface area (Å²) in [5, 5.41) is 0. The Kier molecular flexibility index (Phi) is 4.27. The molecule has 26 heavy (non-hydrogen) atoms. The van der Waals surface area contributed by atoms with E-state index in [1.165, 1.54) is 7.11 Å². The Morgan fingerprint density at radius 3 is 2.62 bits per heavy atom. The van der Waals surface area contributed by atoms with Gasteiger partial charge in [0.25, 0.3) is 0 Å². The van der Waals surface area contributed by atoms with Gasteiger partial charge in [-0.3, -0.25) is 9.59 Å². The summed E-state index contributed by atoms with van der Waals surface area (Å²) < 4.78 is 5.15. The molecule has 2 aromatic rings. The van der Waals surface area contributed by atoms with E-state index in [2.05, 4.69) is 6.07 Å². The molecule has 1 saturated carbocycles. The topological polar surface area (TPSA) is 46.6 Å². The van der Waals surface area contributed by atoms with Crippen LogP contribution in [0.15, 0.2) is 54.6 Å². The Labute approximate surface area is 153 Å². The van der Waals surface area contributed by atoms with Crippen LogP contribution in [0.4, 0.5) is 5.69 Å². The van der Waals surface area contributed by atoms with Crippen LogP contribution >= 0.6 is 0 Å². The average molecular weight is 349 g/mol. The number of rotatable bonds is 3. The summed E-state index contributed by atoms with van der Waals surface area (Å²) in [5.41, 5.74) is 1.97. The maximum atomic E-state index is 13.7. The van der Waals surface area contributed by atoms with Crippen molar-refractivity contribution < 1.29 is 14.3 Å². The fourth-order valence-corrected chi connectivity index (χ4v) is 4.66. The molecule has 134 valence electrons. The van der Waals surface area contributed by atoms with Crippen LogP contribution < -0.4 is 4.90 Å². The predicted octanol–water partition coefficient (Wildman–Crippen LogP) is 4.05. The van der Waals surface area contributed by atoms with Gasteiger partial charge in [0, 0.05) is 11.6 Å². The van der Waals surface area contributed by atoms with Gasteiger partial charge in [0.15, 0.2) is 5.41 Å². The van der Waals surface area contributed by atoms with Crippen LogP contribution in [0.3, 0.4) is 0 Å². The first kappa shape index (κ1) is 16.8. The number of nitrogens with zero attached hydrogens (tertiary/aromatic N) is 1. The van der Waals surface area contributed by atoms with Crippen LogP contribution in [0.25, 0.3) is 0 Å². The van der Waals surface area contributed by atoms with E-state index in [-0.39, 0.29) is 17.8 Å². The summed E-state index contributed by atoms with van der Waals surface area (Å²) in [6.07, 6.45) is 3.31. The summed E-state index contributed by atoms with van der Waals surface area (Å²) in [6, 6.07) is 17.9. The third-order valence-electron chi connectivity index (χ3n) is 5.87. The molecule has 0 N–H and O–H groups in total. The first-order chi connectivity index (χ1) is 12.7. The highest BCUT2D eigenvalue weighted by atomic mass is 16.5. The normalized spacial score (nSPS) is 24.6. The summed E-state index contributed by atoms with van der Waals surface area (Å²) >= 11 is 0. The van der Waals surface area contributed by atoms with Gasteiger partial charge in [0.2, 0.25) is 5.91 Å². The molecule has 1 aliphatic carbocycles. The van der Waals surface area contributed by atoms with Gasteiger partial charge in [-0.25, -0.2) is 0 Å². The first-order valence-corrected chi connectivity index (χ1v) is 9.21. The highest BCUT2D eigenvalue weighted by Gasteiger charge is 2.59. The zero-order valence-corrected chi connectivity index (χ0v) is 15.0. The van der Waals surface area contributed by atoms with Crippen LogP contribution in [0.2, 0.25) is 0 Å². The van der Waals surface area contributed by atoms with Crippen molar-refractivity contribution in [3.8, 4) is 0 Å². The van der Waals surface area contributed by atoms with Gasteiger partial charge in [0.05, 0.1) is 13.7 Å². The molecule has 0 spiro atoms. The monoisotopic (exact) mass is 349 g/mol. The molecule has 1 amide bonds. The lowest BCUT2D eigenvalue weighted by molar-refractivity contribution is -0.162. The quantitative estimate of drug-likeness (QED) is 0.620. The number of carbonyl (C=O) groups is 2. The van der Waals surface area contributed by atoms with Crippen LogP contribution in [-0.4, -0.2) is 19.0 Å². The number of para-hydroxylation sites is 1. The fourth-order valence-electron chi connectivity index (χ4n) is 4.66. The van der Waals surface area contributed by atoms with Gasteiger partial charge in [-0.05, 0) is 30.0 Å². The van der Waals surface area contributed by atoms with Crippen molar-refractivity contribution in [1.82, 2.24) is 0 Å². The Morgan fingerprint density at radius 2 is 1.85 bits per heavy atom. The maximum Gasteiger partial charge on any atom is 0.322 e. The van der Waals surface area contributed by atoms with Crippen LogP contribution in [0.1, 0.15) is 42.7 Å². The Morgan fingerprint density at radius 1 is 1.12 bits per heavy atom. The number of amides is 1. The predicted molar refractivity (Wildman–Crippen MR) is 99.7 cm³/mol. The van der Waals surface area contributed by atoms with E-state index in [1.807, 2.05) is 48.5 Å². The first-order valence-electron chi connectivity index (χ1n) is 9.21. The molecule has 1 aliphatic heterocycles. The molecule has 4 heteroatoms. The molecule has 0 radical (unpaired) electrons. The van der Waals surface area contributed by atoms with Crippen molar-refractivity contribution >= 4 is 17.6 Å². The maximum absolute atomic E-state index is 13.7. The van der Waals surface area contributed by atoms with E-state index in [4.69, 9.17) is 4.74 Å². The lowest BCUT2D eigenvalue weighted by Gasteiger charge is -2.48. The largest absolute Gasteiger partial charge is 0.468 e. The molecular weight excluding hydrogens is 326 g/mol. The van der Waals surface area contributed by atoms with E-state index in [0.29, 0.717) is 13.0 Å². The minimum atomic E-state index is -1.09. The number of hydrogen-bond donors (Lipinski definition) is 0. The SMILES string of the molecule is COC(=O)[C@@]12CCCC[C@@H]1c1ccccc1N(Cc1ccccc1)C2=O. The molecule has 4 nitrogen and oxygen atoms in total. The van der Waals surface area contributed by atoms with Gasteiger partial charge >= 0.3 is 5.97 Å². The number of hydrogen-bond acceptors (Lipinski definition) is 3. The van der Waals surface area contributed by atoms with Gasteiger partial charge in [-0.1, -0.05) is 61.4 Å². The minimum Gasteiger partial charge on any atom is -0.468 e. The Bertz CT molecular complexity index is 832. The molecule has 0 unspecified atom stereocenters. The lowest BCUT2D eigenvalue weighted by Crippen LogP contribution is -2.56. The van der Waals surface area contributed by atoms with Gasteiger partial charge < -0.3 is 9.64 Å². The standard InChI is InChI=1S/C22H23NO3/c1-26-21(25)22-14-8-7-12-18(22)17-11-5-6-13-19(17)23(20(22)24)15-16-9-3-2-4-10-16/h2-6,9-11,13,18H,7-8,12,14-15H2,1H3/t18-,22+/m1/s1.